The van der Waals surface area contributed by atoms with E-state index in [0.29, 0.717) is 24.9 Å². The first-order valence-corrected chi connectivity index (χ1v) is 17.9. The van der Waals surface area contributed by atoms with Crippen molar-refractivity contribution < 1.29 is 19.1 Å². The minimum atomic E-state index is -0.836. The number of nitrogens with one attached hydrogen (secondary N) is 2. The van der Waals surface area contributed by atoms with E-state index >= 15 is 0 Å². The van der Waals surface area contributed by atoms with Crippen molar-refractivity contribution in [1.29, 1.82) is 0 Å². The summed E-state index contributed by atoms with van der Waals surface area (Å²) in [6, 6.07) is 25.3. The molecular weight excluding hydrogens is 640 g/mol. The predicted molar refractivity (Wildman–Crippen MR) is 198 cm³/mol. The predicted octanol–water partition coefficient (Wildman–Crippen LogP) is 7.48. The molecule has 7 rings (SSSR count). The van der Waals surface area contributed by atoms with E-state index in [1.807, 2.05) is 59.5 Å². The Morgan fingerprint density at radius 2 is 1.51 bits per heavy atom. The number of likely N-dealkylation sites (tertiary alicyclic amines) is 2. The number of hydrogen-bond acceptors (Lipinski definition) is 6. The Kier molecular flexibility index (Phi) is 10.1. The number of aromatic amines is 1. The molecule has 0 saturated carbocycles. The van der Waals surface area contributed by atoms with Crippen LogP contribution >= 0.6 is 0 Å². The molecule has 10 nitrogen and oxygen atoms in total. The van der Waals surface area contributed by atoms with Crippen molar-refractivity contribution in [3.63, 3.8) is 0 Å². The number of rotatable bonds is 10. The molecule has 3 aliphatic rings. The van der Waals surface area contributed by atoms with Gasteiger partial charge >= 0.3 is 6.09 Å². The summed E-state index contributed by atoms with van der Waals surface area (Å²) in [7, 11) is 1.30. The van der Waals surface area contributed by atoms with E-state index in [9.17, 15) is 14.4 Å². The van der Waals surface area contributed by atoms with Crippen LogP contribution in [-0.2, 0) is 14.3 Å². The molecule has 51 heavy (non-hydrogen) atoms. The van der Waals surface area contributed by atoms with Gasteiger partial charge in [-0.1, -0.05) is 85.8 Å². The van der Waals surface area contributed by atoms with Crippen molar-refractivity contribution in [2.75, 3.05) is 20.2 Å². The molecule has 4 aromatic rings. The first-order valence-electron chi connectivity index (χ1n) is 17.9. The molecule has 10 heteroatoms. The van der Waals surface area contributed by atoms with Crippen LogP contribution in [0.5, 0.6) is 0 Å². The average Bonchev–Trinajstić information content (AvgIpc) is 4.01. The summed E-state index contributed by atoms with van der Waals surface area (Å²) in [5, 5.41) is 2.73. The molecule has 2 fully saturated rings. The molecule has 0 aliphatic carbocycles. The number of imidazole rings is 1. The maximum Gasteiger partial charge on any atom is 0.407 e. The summed E-state index contributed by atoms with van der Waals surface area (Å²) in [5.41, 5.74) is 8.12. The highest BCUT2D eigenvalue weighted by atomic mass is 16.5. The molecule has 2 N–H and O–H groups in total. The van der Waals surface area contributed by atoms with E-state index in [1.165, 1.54) is 7.11 Å². The number of H-pyrrole nitrogens is 1. The summed E-state index contributed by atoms with van der Waals surface area (Å²) >= 11 is 0. The summed E-state index contributed by atoms with van der Waals surface area (Å²) in [6.07, 6.45) is 8.89. The molecular formula is C41H44N6O4. The number of benzene rings is 3. The van der Waals surface area contributed by atoms with Crippen molar-refractivity contribution in [2.45, 2.75) is 70.0 Å². The normalized spacial score (nSPS) is 19.1. The fourth-order valence-electron chi connectivity index (χ4n) is 7.56. The van der Waals surface area contributed by atoms with E-state index < -0.39 is 12.1 Å². The lowest BCUT2D eigenvalue weighted by molar-refractivity contribution is -0.133. The number of carbonyl (C=O) groups is 3. The highest BCUT2D eigenvalue weighted by molar-refractivity contribution is 6.04. The van der Waals surface area contributed by atoms with Crippen molar-refractivity contribution in [3.8, 4) is 22.4 Å². The third-order valence-corrected chi connectivity index (χ3v) is 10.2. The van der Waals surface area contributed by atoms with Gasteiger partial charge in [0.2, 0.25) is 11.8 Å². The highest BCUT2D eigenvalue weighted by Gasteiger charge is 2.38. The van der Waals surface area contributed by atoms with Gasteiger partial charge in [-0.2, -0.15) is 0 Å². The quantitative estimate of drug-likeness (QED) is 0.180. The van der Waals surface area contributed by atoms with Crippen molar-refractivity contribution in [3.05, 3.63) is 108 Å². The molecule has 0 radical (unpaired) electrons. The summed E-state index contributed by atoms with van der Waals surface area (Å²) in [6.45, 7) is 3.45. The molecule has 1 aromatic heterocycles. The van der Waals surface area contributed by atoms with Gasteiger partial charge in [0, 0.05) is 37.8 Å². The number of hydrogen-bond donors (Lipinski definition) is 2. The van der Waals surface area contributed by atoms with Gasteiger partial charge in [0.1, 0.15) is 11.9 Å². The van der Waals surface area contributed by atoms with Crippen molar-refractivity contribution in [1.82, 2.24) is 25.1 Å². The zero-order valence-corrected chi connectivity index (χ0v) is 29.2. The number of aliphatic imine (C=N–C) groups is 1. The Morgan fingerprint density at radius 1 is 0.863 bits per heavy atom. The maximum absolute atomic E-state index is 13.9. The third kappa shape index (κ3) is 7.22. The van der Waals surface area contributed by atoms with E-state index in [-0.39, 0.29) is 23.9 Å². The molecule has 262 valence electrons. The molecule has 0 bridgehead atoms. The molecule has 3 amide bonds. The van der Waals surface area contributed by atoms with Crippen LogP contribution in [0.15, 0.2) is 96.3 Å². The van der Waals surface area contributed by atoms with Crippen LogP contribution in [0, 0.1) is 0 Å². The van der Waals surface area contributed by atoms with Crippen LogP contribution in [0.3, 0.4) is 0 Å². The molecule has 3 atom stereocenters. The molecule has 3 aliphatic heterocycles. The first-order chi connectivity index (χ1) is 24.9. The zero-order chi connectivity index (χ0) is 35.3. The van der Waals surface area contributed by atoms with Gasteiger partial charge in [-0.15, -0.1) is 0 Å². The second kappa shape index (κ2) is 15.2. The number of alkyl carbamates (subject to hydrolysis) is 1. The Morgan fingerprint density at radius 3 is 2.20 bits per heavy atom. The molecule has 0 spiro atoms. The largest absolute Gasteiger partial charge is 0.453 e. The number of aromatic nitrogens is 2. The third-order valence-electron chi connectivity index (χ3n) is 10.2. The summed E-state index contributed by atoms with van der Waals surface area (Å²) < 4.78 is 4.83. The van der Waals surface area contributed by atoms with Gasteiger partial charge in [-0.25, -0.2) is 9.78 Å². The van der Waals surface area contributed by atoms with Crippen LogP contribution in [0.1, 0.15) is 80.9 Å². The smallest absolute Gasteiger partial charge is 0.407 e. The van der Waals surface area contributed by atoms with E-state index in [2.05, 4.69) is 63.8 Å². The van der Waals surface area contributed by atoms with Crippen LogP contribution in [-0.4, -0.2) is 69.6 Å². The van der Waals surface area contributed by atoms with Gasteiger partial charge in [0.15, 0.2) is 0 Å². The topological polar surface area (TPSA) is 120 Å². The second-order valence-corrected chi connectivity index (χ2v) is 13.5. The summed E-state index contributed by atoms with van der Waals surface area (Å²) in [4.78, 5) is 55.5. The maximum atomic E-state index is 13.9. The van der Waals surface area contributed by atoms with E-state index in [4.69, 9.17) is 9.73 Å². The lowest BCUT2D eigenvalue weighted by Gasteiger charge is -2.29. The lowest BCUT2D eigenvalue weighted by atomic mass is 9.96. The molecule has 3 aromatic carbocycles. The van der Waals surface area contributed by atoms with Crippen LogP contribution in [0.25, 0.3) is 28.0 Å². The standard InChI is InChI=1S/C41H44N6O4/c1-3-9-37(48)46-22-8-13-36(46)39-43-26-34(44-39)30-20-18-28(19-21-30)27-14-16-29(17-15-27)32-24-33(42-25-32)35-12-7-23-47(35)40(49)38(45-41(50)51-2)31-10-5-4-6-11-31/h4-6,10-11,14-21,25-26,35-36,38H,3,7-9,12-13,22-24H2,1-2H3,(H,43,44)(H,45,50)/t35-,36-,38+/m0/s1. The Hall–Kier alpha value is -5.51. The number of allylic oxidation sites excluding steroid dienone is 1. The van der Waals surface area contributed by atoms with Gasteiger partial charge in [0.05, 0.1) is 31.1 Å². The Bertz CT molecular complexity index is 1930. The fourth-order valence-corrected chi connectivity index (χ4v) is 7.56. The van der Waals surface area contributed by atoms with E-state index in [1.54, 1.807) is 0 Å². The number of methoxy groups -OCH3 is 1. The molecule has 4 heterocycles. The average molecular weight is 685 g/mol. The fraction of sp³-hybridized carbons (Fsp3) is 0.341. The first kappa shape index (κ1) is 34.0. The minimum absolute atomic E-state index is 0.0222. The van der Waals surface area contributed by atoms with Crippen LogP contribution < -0.4 is 5.32 Å². The van der Waals surface area contributed by atoms with Crippen LogP contribution in [0.4, 0.5) is 4.79 Å². The Labute approximate surface area is 298 Å². The number of amides is 3. The Balaban J connectivity index is 0.983. The summed E-state index contributed by atoms with van der Waals surface area (Å²) in [5.74, 6) is 0.911. The second-order valence-electron chi connectivity index (χ2n) is 13.5. The van der Waals surface area contributed by atoms with Gasteiger partial charge in [0.25, 0.3) is 0 Å². The highest BCUT2D eigenvalue weighted by Crippen LogP contribution is 2.34. The van der Waals surface area contributed by atoms with Gasteiger partial charge in [-0.3, -0.25) is 14.6 Å². The van der Waals surface area contributed by atoms with Crippen molar-refractivity contribution in [2.24, 2.45) is 4.99 Å². The number of carbonyl (C=O) groups excluding carboxylic acids is 3. The number of nitrogens with zero attached hydrogens (tertiary/aromatic N) is 4. The minimum Gasteiger partial charge on any atom is -0.453 e. The van der Waals surface area contributed by atoms with Crippen LogP contribution in [0.2, 0.25) is 0 Å². The lowest BCUT2D eigenvalue weighted by Crippen LogP contribution is -2.47. The monoisotopic (exact) mass is 684 g/mol. The van der Waals surface area contributed by atoms with Gasteiger partial charge in [-0.05, 0) is 65.5 Å². The molecule has 2 saturated heterocycles. The molecule has 0 unspecified atom stereocenters. The van der Waals surface area contributed by atoms with Crippen molar-refractivity contribution >= 4 is 29.2 Å². The van der Waals surface area contributed by atoms with Gasteiger partial charge < -0.3 is 24.8 Å². The number of ether oxygens (including phenoxy) is 1. The SMILES string of the molecule is CCCC(=O)N1CCC[C@H]1c1ncc(-c2ccc(-c3ccc(C4=CN=C([C@@H]5CCCN5C(=O)[C@H](NC(=O)OC)c5ccccc5)C4)cc3)cc2)[nH]1. The van der Waals surface area contributed by atoms with E-state index in [0.717, 1.165) is 83.7 Å². The zero-order valence-electron chi connectivity index (χ0n) is 29.2.